The van der Waals surface area contributed by atoms with Crippen molar-refractivity contribution in [1.29, 1.82) is 0 Å². The first-order valence-electron chi connectivity index (χ1n) is 8.83. The van der Waals surface area contributed by atoms with Gasteiger partial charge in [0.05, 0.1) is 0 Å². The Hall–Kier alpha value is -2.70. The predicted molar refractivity (Wildman–Crippen MR) is 124 cm³/mol. The van der Waals surface area contributed by atoms with Gasteiger partial charge in [-0.2, -0.15) is 0 Å². The number of benzene rings is 3. The summed E-state index contributed by atoms with van der Waals surface area (Å²) in [5.74, 6) is -0.765. The minimum Gasteiger partial charge on any atom is -0.321 e. The summed E-state index contributed by atoms with van der Waals surface area (Å²) in [5.41, 5.74) is 3.08. The number of anilines is 1. The first-order valence-corrected chi connectivity index (χ1v) is 10.4. The monoisotopic (exact) mass is 512 g/mol. The molecule has 0 bridgehead atoms. The SMILES string of the molecule is Cc1ccc(C(=O)NC(=Cc2cccc(Br)c2)C(=O)Nc2cccc(Br)c2)cc1. The second kappa shape index (κ2) is 9.67. The van der Waals surface area contributed by atoms with Gasteiger partial charge in [-0.05, 0) is 61.0 Å². The summed E-state index contributed by atoms with van der Waals surface area (Å²) in [6, 6.07) is 21.9. The van der Waals surface area contributed by atoms with E-state index in [1.54, 1.807) is 30.3 Å². The highest BCUT2D eigenvalue weighted by molar-refractivity contribution is 9.10. The summed E-state index contributed by atoms with van der Waals surface area (Å²) in [7, 11) is 0. The van der Waals surface area contributed by atoms with E-state index in [9.17, 15) is 9.59 Å². The molecule has 2 N–H and O–H groups in total. The van der Waals surface area contributed by atoms with Crippen LogP contribution >= 0.6 is 31.9 Å². The molecule has 29 heavy (non-hydrogen) atoms. The highest BCUT2D eigenvalue weighted by Gasteiger charge is 2.15. The lowest BCUT2D eigenvalue weighted by Crippen LogP contribution is -2.30. The molecule has 0 fully saturated rings. The standard InChI is InChI=1S/C23H18Br2N2O2/c1-15-8-10-17(11-9-15)22(28)27-21(13-16-4-2-5-18(24)12-16)23(29)26-20-7-3-6-19(25)14-20/h2-14H,1H3,(H,26,29)(H,27,28). The van der Waals surface area contributed by atoms with Gasteiger partial charge in [-0.1, -0.05) is 67.8 Å². The lowest BCUT2D eigenvalue weighted by atomic mass is 10.1. The number of hydrogen-bond donors (Lipinski definition) is 2. The van der Waals surface area contributed by atoms with Crippen LogP contribution in [0.2, 0.25) is 0 Å². The minimum atomic E-state index is -0.413. The zero-order valence-corrected chi connectivity index (χ0v) is 18.7. The van der Waals surface area contributed by atoms with Gasteiger partial charge in [0.1, 0.15) is 5.70 Å². The van der Waals surface area contributed by atoms with Gasteiger partial charge >= 0.3 is 0 Å². The minimum absolute atomic E-state index is 0.147. The quantitative estimate of drug-likeness (QED) is 0.415. The number of rotatable bonds is 5. The molecule has 146 valence electrons. The summed E-state index contributed by atoms with van der Waals surface area (Å²) in [5, 5.41) is 5.56. The predicted octanol–water partition coefficient (Wildman–Crippen LogP) is 5.93. The van der Waals surface area contributed by atoms with Crippen LogP contribution < -0.4 is 10.6 Å². The normalized spacial score (nSPS) is 11.1. The maximum absolute atomic E-state index is 12.9. The largest absolute Gasteiger partial charge is 0.321 e. The molecule has 0 radical (unpaired) electrons. The highest BCUT2D eigenvalue weighted by atomic mass is 79.9. The third-order valence-electron chi connectivity index (χ3n) is 4.05. The Morgan fingerprint density at radius 1 is 0.862 bits per heavy atom. The van der Waals surface area contributed by atoms with E-state index < -0.39 is 5.91 Å². The van der Waals surface area contributed by atoms with Crippen molar-refractivity contribution in [2.24, 2.45) is 0 Å². The Bertz CT molecular complexity index is 1080. The molecular weight excluding hydrogens is 496 g/mol. The molecule has 4 nitrogen and oxygen atoms in total. The third-order valence-corrected chi connectivity index (χ3v) is 5.04. The van der Waals surface area contributed by atoms with Crippen molar-refractivity contribution in [3.05, 3.63) is 104 Å². The van der Waals surface area contributed by atoms with Crippen LogP contribution in [-0.4, -0.2) is 11.8 Å². The van der Waals surface area contributed by atoms with Crippen molar-refractivity contribution in [3.8, 4) is 0 Å². The first-order chi connectivity index (χ1) is 13.9. The number of hydrogen-bond acceptors (Lipinski definition) is 2. The van der Waals surface area contributed by atoms with Crippen LogP contribution in [0.4, 0.5) is 5.69 Å². The van der Waals surface area contributed by atoms with Crippen LogP contribution in [-0.2, 0) is 4.79 Å². The molecule has 0 unspecified atom stereocenters. The Morgan fingerprint density at radius 3 is 2.17 bits per heavy atom. The Balaban J connectivity index is 1.89. The summed E-state index contributed by atoms with van der Waals surface area (Å²) in [6.07, 6.45) is 1.64. The van der Waals surface area contributed by atoms with Gasteiger partial charge in [-0.3, -0.25) is 9.59 Å². The molecule has 3 aromatic rings. The molecule has 0 aliphatic carbocycles. The summed E-state index contributed by atoms with van der Waals surface area (Å²) < 4.78 is 1.72. The van der Waals surface area contributed by atoms with Crippen LogP contribution in [0.1, 0.15) is 21.5 Å². The topological polar surface area (TPSA) is 58.2 Å². The highest BCUT2D eigenvalue weighted by Crippen LogP contribution is 2.18. The van der Waals surface area contributed by atoms with Gasteiger partial charge in [-0.25, -0.2) is 0 Å². The van der Waals surface area contributed by atoms with Crippen LogP contribution in [0.3, 0.4) is 0 Å². The van der Waals surface area contributed by atoms with Crippen molar-refractivity contribution in [3.63, 3.8) is 0 Å². The number of aryl methyl sites for hydroxylation is 1. The molecule has 6 heteroatoms. The molecular formula is C23H18Br2N2O2. The molecule has 0 saturated heterocycles. The van der Waals surface area contributed by atoms with E-state index in [2.05, 4.69) is 42.5 Å². The molecule has 0 saturated carbocycles. The number of carbonyl (C=O) groups excluding carboxylic acids is 2. The van der Waals surface area contributed by atoms with Crippen molar-refractivity contribution >= 4 is 55.4 Å². The lowest BCUT2D eigenvalue weighted by molar-refractivity contribution is -0.113. The Kier molecular flexibility index (Phi) is 7.01. The summed E-state index contributed by atoms with van der Waals surface area (Å²) in [6.45, 7) is 1.95. The fourth-order valence-corrected chi connectivity index (χ4v) is 3.40. The fraction of sp³-hybridized carbons (Fsp3) is 0.0435. The van der Waals surface area contributed by atoms with Gasteiger partial charge in [-0.15, -0.1) is 0 Å². The molecule has 0 aromatic heterocycles. The average molecular weight is 514 g/mol. The molecule has 0 heterocycles. The molecule has 0 aliphatic rings. The van der Waals surface area contributed by atoms with E-state index in [4.69, 9.17) is 0 Å². The van der Waals surface area contributed by atoms with Crippen LogP contribution in [0.25, 0.3) is 6.08 Å². The molecule has 3 aromatic carbocycles. The van der Waals surface area contributed by atoms with E-state index >= 15 is 0 Å². The number of amides is 2. The second-order valence-electron chi connectivity index (χ2n) is 6.40. The fourth-order valence-electron chi connectivity index (χ4n) is 2.59. The zero-order valence-electron chi connectivity index (χ0n) is 15.6. The average Bonchev–Trinajstić information content (AvgIpc) is 2.68. The molecule has 2 amide bonds. The van der Waals surface area contributed by atoms with Crippen LogP contribution in [0.15, 0.2) is 87.4 Å². The van der Waals surface area contributed by atoms with Gasteiger partial charge in [0.2, 0.25) is 0 Å². The maximum atomic E-state index is 12.9. The molecule has 3 rings (SSSR count). The van der Waals surface area contributed by atoms with Crippen LogP contribution in [0.5, 0.6) is 0 Å². The summed E-state index contributed by atoms with van der Waals surface area (Å²) >= 11 is 6.81. The van der Waals surface area contributed by atoms with Crippen molar-refractivity contribution in [2.45, 2.75) is 6.92 Å². The second-order valence-corrected chi connectivity index (χ2v) is 8.23. The van der Waals surface area contributed by atoms with Crippen molar-refractivity contribution < 1.29 is 9.59 Å². The van der Waals surface area contributed by atoms with Gasteiger partial charge in [0, 0.05) is 20.2 Å². The lowest BCUT2D eigenvalue weighted by Gasteiger charge is -2.12. The van der Waals surface area contributed by atoms with Gasteiger partial charge < -0.3 is 10.6 Å². The van der Waals surface area contributed by atoms with Crippen molar-refractivity contribution in [2.75, 3.05) is 5.32 Å². The van der Waals surface area contributed by atoms with E-state index in [0.29, 0.717) is 11.3 Å². The van der Waals surface area contributed by atoms with Crippen molar-refractivity contribution in [1.82, 2.24) is 5.32 Å². The maximum Gasteiger partial charge on any atom is 0.272 e. The third kappa shape index (κ3) is 6.14. The zero-order chi connectivity index (χ0) is 20.8. The van der Waals surface area contributed by atoms with Gasteiger partial charge in [0.15, 0.2) is 0 Å². The number of nitrogens with one attached hydrogen (secondary N) is 2. The van der Waals surface area contributed by atoms with E-state index in [1.165, 1.54) is 0 Å². The van der Waals surface area contributed by atoms with E-state index in [-0.39, 0.29) is 11.6 Å². The Labute approximate surface area is 186 Å². The smallest absolute Gasteiger partial charge is 0.272 e. The Morgan fingerprint density at radius 2 is 1.52 bits per heavy atom. The first kappa shape index (κ1) is 21.0. The van der Waals surface area contributed by atoms with E-state index in [1.807, 2.05) is 55.5 Å². The van der Waals surface area contributed by atoms with Crippen LogP contribution in [0, 0.1) is 6.92 Å². The summed E-state index contributed by atoms with van der Waals surface area (Å²) in [4.78, 5) is 25.6. The van der Waals surface area contributed by atoms with Gasteiger partial charge in [0.25, 0.3) is 11.8 Å². The van der Waals surface area contributed by atoms with E-state index in [0.717, 1.165) is 20.1 Å². The number of carbonyl (C=O) groups is 2. The number of halogens is 2. The molecule has 0 aliphatic heterocycles. The molecule has 0 spiro atoms. The molecule has 0 atom stereocenters.